The number of alkyl halides is 3. The van der Waals surface area contributed by atoms with E-state index < -0.39 is 41.2 Å². The van der Waals surface area contributed by atoms with Crippen LogP contribution in [0.25, 0.3) is 17.1 Å². The number of urea groups is 1. The zero-order chi connectivity index (χ0) is 37.5. The van der Waals surface area contributed by atoms with E-state index in [9.17, 15) is 32.7 Å². The number of primary amides is 1. The molecule has 0 spiro atoms. The van der Waals surface area contributed by atoms with Crippen LogP contribution in [0.2, 0.25) is 5.02 Å². The second kappa shape index (κ2) is 12.2. The number of benzene rings is 1. The Balaban J connectivity index is 1.07. The van der Waals surface area contributed by atoms with Crippen LogP contribution in [0.5, 0.6) is 0 Å². The topological polar surface area (TPSA) is 199 Å². The van der Waals surface area contributed by atoms with Crippen molar-refractivity contribution in [3.8, 4) is 17.1 Å². The number of carbonyl (C=O) groups is 3. The Morgan fingerprint density at radius 2 is 1.83 bits per heavy atom. The van der Waals surface area contributed by atoms with Crippen molar-refractivity contribution in [2.75, 3.05) is 51.3 Å². The van der Waals surface area contributed by atoms with Gasteiger partial charge in [-0.15, -0.1) is 0 Å². The molecule has 5 heterocycles. The van der Waals surface area contributed by atoms with Gasteiger partial charge in [-0.1, -0.05) is 11.6 Å². The zero-order valence-corrected chi connectivity index (χ0v) is 29.0. The summed E-state index contributed by atoms with van der Waals surface area (Å²) in [6, 6.07) is 6.32. The van der Waals surface area contributed by atoms with E-state index in [1.165, 1.54) is 48.1 Å². The number of hydrogen-bond acceptors (Lipinski definition) is 8. The number of fused-ring (bicyclic) bond motifs is 1. The van der Waals surface area contributed by atoms with E-state index in [1.54, 1.807) is 4.90 Å². The number of nitrogen functional groups attached to an aromatic ring is 1. The molecular weight excluding hydrogens is 707 g/mol. The summed E-state index contributed by atoms with van der Waals surface area (Å²) < 4.78 is 44.9. The second-order valence-corrected chi connectivity index (χ2v) is 14.7. The summed E-state index contributed by atoms with van der Waals surface area (Å²) >= 11 is 6.53. The number of aliphatic hydroxyl groups is 1. The highest BCUT2D eigenvalue weighted by molar-refractivity contribution is 6.34. The van der Waals surface area contributed by atoms with Gasteiger partial charge in [-0.2, -0.15) is 18.3 Å². The van der Waals surface area contributed by atoms with E-state index >= 15 is 0 Å². The van der Waals surface area contributed by atoms with Gasteiger partial charge in [0, 0.05) is 55.3 Å². The van der Waals surface area contributed by atoms with E-state index in [4.69, 9.17) is 23.1 Å². The van der Waals surface area contributed by atoms with Crippen LogP contribution in [-0.2, 0) is 13.2 Å². The van der Waals surface area contributed by atoms with Gasteiger partial charge >= 0.3 is 12.2 Å². The van der Waals surface area contributed by atoms with Crippen molar-refractivity contribution in [3.63, 3.8) is 0 Å². The van der Waals surface area contributed by atoms with Crippen LogP contribution in [0.1, 0.15) is 26.7 Å². The number of hydrogen-bond donors (Lipinski definition) is 5. The molecule has 0 bridgehead atoms. The van der Waals surface area contributed by atoms with Crippen LogP contribution in [0, 0.1) is 17.3 Å². The average molecular weight is 743 g/mol. The summed E-state index contributed by atoms with van der Waals surface area (Å²) in [7, 11) is 5.45. The third-order valence-corrected chi connectivity index (χ3v) is 10.8. The maximum Gasteiger partial charge on any atom is 0.435 e. The van der Waals surface area contributed by atoms with Crippen molar-refractivity contribution in [3.05, 3.63) is 71.0 Å². The normalized spacial score (nSPS) is 24.8. The standard InChI is InChI=1S/C33H35ClF3N11O4/c1-45-23(19-11-47(44-26(19)33(35,36)37)25-7-4-16(38)9-40-25)10-41-28(45)30(51)42-17-5-6-18(22(34)8-17)29(50)43-27-20-12-46(31(39)52)15-32(20,27)21-13-48(2,3)14-24(21)49/h4-11,20-21,24,27,49H,12-15,38H2,1-3H3,(H3-,39,42,43,50,51,52)/p+1/t20?,21-,24-,27?,32?/m1/s1. The van der Waals surface area contributed by atoms with Crippen LogP contribution in [0.15, 0.2) is 48.9 Å². The van der Waals surface area contributed by atoms with Gasteiger partial charge in [0.1, 0.15) is 12.6 Å². The minimum absolute atomic E-state index is 0.0292. The lowest BCUT2D eigenvalue weighted by Crippen LogP contribution is -2.46. The van der Waals surface area contributed by atoms with Crippen LogP contribution in [-0.4, -0.2) is 109 Å². The number of pyridine rings is 1. The lowest BCUT2D eigenvalue weighted by Gasteiger charge is -2.28. The maximum absolute atomic E-state index is 14.1. The molecule has 3 fully saturated rings. The summed E-state index contributed by atoms with van der Waals surface area (Å²) in [5.74, 6) is -1.54. The molecule has 1 saturated carbocycles. The number of quaternary nitrogens is 1. The third kappa shape index (κ3) is 5.99. The number of piperidine rings is 1. The summed E-state index contributed by atoms with van der Waals surface area (Å²) in [4.78, 5) is 48.5. The molecule has 4 aromatic rings. The molecule has 274 valence electrons. The van der Waals surface area contributed by atoms with E-state index in [2.05, 4.69) is 25.7 Å². The fraction of sp³-hybridized carbons (Fsp3) is 0.394. The minimum Gasteiger partial charge on any atom is -0.397 e. The smallest absolute Gasteiger partial charge is 0.397 e. The van der Waals surface area contributed by atoms with E-state index in [0.717, 1.165) is 17.1 Å². The molecule has 4 amide bonds. The number of anilines is 2. The number of nitrogens with two attached hydrogens (primary N) is 2. The molecule has 1 aliphatic carbocycles. The van der Waals surface area contributed by atoms with Gasteiger partial charge in [0.2, 0.25) is 0 Å². The Morgan fingerprint density at radius 1 is 1.08 bits per heavy atom. The number of rotatable bonds is 7. The first-order valence-corrected chi connectivity index (χ1v) is 16.6. The summed E-state index contributed by atoms with van der Waals surface area (Å²) in [5, 5.41) is 20.4. The molecule has 15 nitrogen and oxygen atoms in total. The molecule has 7 N–H and O–H groups in total. The Kier molecular flexibility index (Phi) is 8.26. The van der Waals surface area contributed by atoms with Crippen molar-refractivity contribution in [1.82, 2.24) is 34.5 Å². The van der Waals surface area contributed by atoms with Gasteiger partial charge in [-0.25, -0.2) is 19.4 Å². The molecule has 3 aliphatic rings. The molecule has 3 unspecified atom stereocenters. The molecule has 0 radical (unpaired) electrons. The Labute approximate surface area is 299 Å². The van der Waals surface area contributed by atoms with Crippen molar-refractivity contribution in [2.45, 2.75) is 18.3 Å². The van der Waals surface area contributed by atoms with E-state index in [-0.39, 0.29) is 57.1 Å². The van der Waals surface area contributed by atoms with Crippen molar-refractivity contribution in [2.24, 2.45) is 30.0 Å². The van der Waals surface area contributed by atoms with Gasteiger partial charge in [0.25, 0.3) is 11.8 Å². The van der Waals surface area contributed by atoms with E-state index in [0.29, 0.717) is 36.3 Å². The quantitative estimate of drug-likeness (QED) is 0.178. The van der Waals surface area contributed by atoms with Crippen LogP contribution in [0.4, 0.5) is 29.3 Å². The number of amides is 4. The van der Waals surface area contributed by atoms with Gasteiger partial charge in [0.15, 0.2) is 17.3 Å². The highest BCUT2D eigenvalue weighted by Crippen LogP contribution is 2.64. The SMILES string of the molecule is Cn1c(-c2cn(-c3ccc(N)cn3)nc2C(F)(F)F)cnc1C(=O)Nc1ccc(C(=O)NC2C3CN(C(N)=O)CC32[C@@H]2C[N+](C)(C)C[C@H]2O)c(Cl)c1. The number of nitrogens with zero attached hydrogens (tertiary/aromatic N) is 7. The molecule has 5 atom stereocenters. The summed E-state index contributed by atoms with van der Waals surface area (Å²) in [6.45, 7) is 1.92. The Bertz CT molecular complexity index is 2100. The molecule has 3 aromatic heterocycles. The number of likely N-dealkylation sites (tertiary alicyclic amines) is 2. The fourth-order valence-electron chi connectivity index (χ4n) is 8.06. The third-order valence-electron chi connectivity index (χ3n) is 10.5. The van der Waals surface area contributed by atoms with Crippen molar-refractivity contribution < 1.29 is 37.1 Å². The number of aromatic nitrogens is 5. The predicted molar refractivity (Wildman–Crippen MR) is 182 cm³/mol. The zero-order valence-electron chi connectivity index (χ0n) is 28.2. The van der Waals surface area contributed by atoms with Gasteiger partial charge in [0.05, 0.1) is 60.6 Å². The molecule has 2 aliphatic heterocycles. The highest BCUT2D eigenvalue weighted by atomic mass is 35.5. The first-order chi connectivity index (χ1) is 24.4. The highest BCUT2D eigenvalue weighted by Gasteiger charge is 2.76. The summed E-state index contributed by atoms with van der Waals surface area (Å²) in [5.41, 5.74) is 9.83. The number of imidazole rings is 1. The number of aliphatic hydroxyl groups excluding tert-OH is 1. The number of likely N-dealkylation sites (N-methyl/N-ethyl adjacent to an activating group) is 1. The van der Waals surface area contributed by atoms with Crippen LogP contribution >= 0.6 is 11.6 Å². The monoisotopic (exact) mass is 742 g/mol. The fourth-order valence-corrected chi connectivity index (χ4v) is 8.32. The van der Waals surface area contributed by atoms with Gasteiger partial charge in [-0.3, -0.25) is 9.59 Å². The Morgan fingerprint density at radius 3 is 2.44 bits per heavy atom. The molecule has 2 saturated heterocycles. The lowest BCUT2D eigenvalue weighted by molar-refractivity contribution is -0.880. The molecule has 1 aromatic carbocycles. The maximum atomic E-state index is 14.1. The lowest BCUT2D eigenvalue weighted by atomic mass is 9.84. The number of halogens is 4. The first-order valence-electron chi connectivity index (χ1n) is 16.3. The van der Waals surface area contributed by atoms with E-state index in [1.807, 2.05) is 14.1 Å². The van der Waals surface area contributed by atoms with Crippen molar-refractivity contribution in [1.29, 1.82) is 0 Å². The number of nitrogens with one attached hydrogen (secondary N) is 2. The average Bonchev–Trinajstić information content (AvgIpc) is 3.60. The predicted octanol–water partition coefficient (Wildman–Crippen LogP) is 2.35. The molecule has 19 heteroatoms. The minimum atomic E-state index is -4.83. The second-order valence-electron chi connectivity index (χ2n) is 14.3. The Hall–Kier alpha value is -5.20. The number of carbonyl (C=O) groups excluding carboxylic acids is 3. The first kappa shape index (κ1) is 35.2. The molecule has 7 rings (SSSR count). The molecular formula is C33H36ClF3N11O4+. The largest absolute Gasteiger partial charge is 0.435 e. The van der Waals surface area contributed by atoms with Crippen LogP contribution in [0.3, 0.4) is 0 Å². The molecule has 52 heavy (non-hydrogen) atoms. The van der Waals surface area contributed by atoms with Gasteiger partial charge in [-0.05, 0) is 30.3 Å². The van der Waals surface area contributed by atoms with Crippen molar-refractivity contribution >= 4 is 40.8 Å². The van der Waals surface area contributed by atoms with Crippen LogP contribution < -0.4 is 22.1 Å². The van der Waals surface area contributed by atoms with Gasteiger partial charge < -0.3 is 41.2 Å². The summed E-state index contributed by atoms with van der Waals surface area (Å²) in [6.07, 6.45) is -1.87.